The summed E-state index contributed by atoms with van der Waals surface area (Å²) in [5, 5.41) is 4.86. The molecule has 0 unspecified atom stereocenters. The predicted molar refractivity (Wildman–Crippen MR) is 142 cm³/mol. The molecule has 2 N–H and O–H groups in total. The summed E-state index contributed by atoms with van der Waals surface area (Å²) >= 11 is 0.882. The number of amides is 3. The summed E-state index contributed by atoms with van der Waals surface area (Å²) in [5.74, 6) is -0.483. The van der Waals surface area contributed by atoms with Crippen LogP contribution in [0.2, 0.25) is 0 Å². The molecule has 2 fully saturated rings. The Hall–Kier alpha value is -3.68. The number of rotatable bonds is 7. The summed E-state index contributed by atoms with van der Waals surface area (Å²) in [7, 11) is 0. The van der Waals surface area contributed by atoms with Crippen molar-refractivity contribution in [3.05, 3.63) is 94.9 Å². The molecule has 0 bridgehead atoms. The van der Waals surface area contributed by atoms with Gasteiger partial charge in [0.1, 0.15) is 0 Å². The van der Waals surface area contributed by atoms with E-state index in [4.69, 9.17) is 4.74 Å². The van der Waals surface area contributed by atoms with Crippen LogP contribution in [0.3, 0.4) is 0 Å². The lowest BCUT2D eigenvalue weighted by molar-refractivity contribution is -0.120. The van der Waals surface area contributed by atoms with Crippen LogP contribution >= 0.6 is 11.8 Å². The van der Waals surface area contributed by atoms with Crippen molar-refractivity contribution in [1.29, 1.82) is 0 Å². The molecule has 1 saturated carbocycles. The third-order valence-corrected chi connectivity index (χ3v) is 7.26. The van der Waals surface area contributed by atoms with E-state index in [-0.39, 0.29) is 29.1 Å². The number of hydrogen-bond acceptors (Lipinski definition) is 5. The first-order valence-electron chi connectivity index (χ1n) is 12.0. The van der Waals surface area contributed by atoms with Crippen LogP contribution in [0.4, 0.5) is 10.5 Å². The molecule has 7 heteroatoms. The zero-order valence-corrected chi connectivity index (χ0v) is 20.4. The van der Waals surface area contributed by atoms with Gasteiger partial charge in [-0.2, -0.15) is 0 Å². The van der Waals surface area contributed by atoms with Crippen LogP contribution in [0.15, 0.2) is 83.8 Å². The summed E-state index contributed by atoms with van der Waals surface area (Å²) in [6.45, 7) is 0.517. The van der Waals surface area contributed by atoms with Crippen molar-refractivity contribution in [3.8, 4) is 11.1 Å². The van der Waals surface area contributed by atoms with Gasteiger partial charge >= 0.3 is 0 Å². The van der Waals surface area contributed by atoms with Crippen LogP contribution < -0.4 is 10.6 Å². The minimum atomic E-state index is -0.385. The largest absolute Gasteiger partial charge is 0.373 e. The minimum absolute atomic E-state index is 0.00628. The highest BCUT2D eigenvalue weighted by atomic mass is 32.2. The average Bonchev–Trinajstić information content (AvgIpc) is 3.50. The summed E-state index contributed by atoms with van der Waals surface area (Å²) in [6, 6.07) is 25.8. The van der Waals surface area contributed by atoms with Crippen LogP contribution in [0.5, 0.6) is 0 Å². The summed E-state index contributed by atoms with van der Waals surface area (Å²) in [6.07, 6.45) is 4.06. The Morgan fingerprint density at radius 1 is 0.972 bits per heavy atom. The van der Waals surface area contributed by atoms with Gasteiger partial charge in [0.05, 0.1) is 17.6 Å². The van der Waals surface area contributed by atoms with Crippen molar-refractivity contribution in [1.82, 2.24) is 5.32 Å². The lowest BCUT2D eigenvalue weighted by atomic mass is 10.0. The van der Waals surface area contributed by atoms with Gasteiger partial charge in [-0.15, -0.1) is 0 Å². The van der Waals surface area contributed by atoms with E-state index in [1.807, 2.05) is 42.5 Å². The molecular formula is C29H26N2O4S. The molecule has 1 aliphatic heterocycles. The Kier molecular flexibility index (Phi) is 7.30. The number of ether oxygens (including phenoxy) is 1. The predicted octanol–water partition coefficient (Wildman–Crippen LogP) is 6.00. The standard InChI is InChI=1S/C29H26N2O4S/c32-27(30-23-13-10-19(11-14-23)16-26-28(33)31-29(34)36-26)21-12-15-24(17-21)35-18-22-8-4-5-9-25(22)20-6-2-1-3-7-20/h1-11,13-14,16,21,24H,12,15,17-18H2,(H,30,32)(H,31,33,34)/b26-16-/t21-,24-/m0/s1. The first kappa shape index (κ1) is 24.0. The molecule has 1 saturated heterocycles. The molecule has 2 aliphatic rings. The number of thioether (sulfide) groups is 1. The van der Waals surface area contributed by atoms with Crippen molar-refractivity contribution >= 4 is 40.6 Å². The Morgan fingerprint density at radius 2 is 1.72 bits per heavy atom. The molecule has 182 valence electrons. The second kappa shape index (κ2) is 10.9. The first-order valence-corrected chi connectivity index (χ1v) is 12.8. The fourth-order valence-corrected chi connectivity index (χ4v) is 5.24. The minimum Gasteiger partial charge on any atom is -0.373 e. The quantitative estimate of drug-likeness (QED) is 0.390. The molecule has 2 atom stereocenters. The maximum atomic E-state index is 12.8. The molecule has 3 aromatic carbocycles. The number of hydrogen-bond donors (Lipinski definition) is 2. The van der Waals surface area contributed by atoms with Gasteiger partial charge in [0, 0.05) is 11.6 Å². The summed E-state index contributed by atoms with van der Waals surface area (Å²) in [5.41, 5.74) is 4.96. The Balaban J connectivity index is 1.14. The zero-order valence-electron chi connectivity index (χ0n) is 19.6. The number of carbonyl (C=O) groups is 3. The zero-order chi connectivity index (χ0) is 24.9. The molecule has 1 aliphatic carbocycles. The molecule has 3 aromatic rings. The molecular weight excluding hydrogens is 472 g/mol. The monoisotopic (exact) mass is 498 g/mol. The Bertz CT molecular complexity index is 1300. The molecule has 5 rings (SSSR count). The van der Waals surface area contributed by atoms with E-state index in [1.54, 1.807) is 18.2 Å². The van der Waals surface area contributed by atoms with Crippen molar-refractivity contribution in [3.63, 3.8) is 0 Å². The van der Waals surface area contributed by atoms with Gasteiger partial charge in [0.15, 0.2) is 0 Å². The topological polar surface area (TPSA) is 84.5 Å². The molecule has 0 radical (unpaired) electrons. The van der Waals surface area contributed by atoms with Gasteiger partial charge in [-0.05, 0) is 71.5 Å². The third kappa shape index (κ3) is 5.75. The lowest BCUT2D eigenvalue weighted by Gasteiger charge is -2.15. The highest BCUT2D eigenvalue weighted by Crippen LogP contribution is 2.31. The number of anilines is 1. The van der Waals surface area contributed by atoms with Gasteiger partial charge in [0.25, 0.3) is 11.1 Å². The maximum Gasteiger partial charge on any atom is 0.290 e. The van der Waals surface area contributed by atoms with Crippen molar-refractivity contribution in [2.45, 2.75) is 32.0 Å². The van der Waals surface area contributed by atoms with E-state index < -0.39 is 0 Å². The van der Waals surface area contributed by atoms with Crippen molar-refractivity contribution < 1.29 is 19.1 Å². The number of carbonyl (C=O) groups excluding carboxylic acids is 3. The SMILES string of the molecule is O=C1NC(=O)/C(=C/c2ccc(NC(=O)[C@H]3CC[C@H](OCc4ccccc4-c4ccccc4)C3)cc2)S1. The molecule has 6 nitrogen and oxygen atoms in total. The molecule has 3 amide bonds. The van der Waals surface area contributed by atoms with E-state index >= 15 is 0 Å². The summed E-state index contributed by atoms with van der Waals surface area (Å²) in [4.78, 5) is 36.2. The van der Waals surface area contributed by atoms with Gasteiger partial charge in [-0.25, -0.2) is 0 Å². The summed E-state index contributed by atoms with van der Waals surface area (Å²) < 4.78 is 6.23. The van der Waals surface area contributed by atoms with Gasteiger partial charge < -0.3 is 10.1 Å². The lowest BCUT2D eigenvalue weighted by Crippen LogP contribution is -2.21. The Labute approximate surface area is 214 Å². The fraction of sp³-hybridized carbons (Fsp3) is 0.207. The molecule has 36 heavy (non-hydrogen) atoms. The Morgan fingerprint density at radius 3 is 2.47 bits per heavy atom. The second-order valence-electron chi connectivity index (χ2n) is 8.93. The average molecular weight is 499 g/mol. The molecule has 1 heterocycles. The van der Waals surface area contributed by atoms with E-state index in [2.05, 4.69) is 34.9 Å². The number of imide groups is 1. The highest BCUT2D eigenvalue weighted by molar-refractivity contribution is 8.18. The maximum absolute atomic E-state index is 12.8. The van der Waals surface area contributed by atoms with Crippen LogP contribution in [0.25, 0.3) is 17.2 Å². The number of nitrogens with one attached hydrogen (secondary N) is 2. The molecule has 0 aromatic heterocycles. The van der Waals surface area contributed by atoms with Gasteiger partial charge in [-0.3, -0.25) is 19.7 Å². The number of benzene rings is 3. The van der Waals surface area contributed by atoms with Crippen molar-refractivity contribution in [2.75, 3.05) is 5.32 Å². The fourth-order valence-electron chi connectivity index (χ4n) is 4.56. The van der Waals surface area contributed by atoms with Crippen LogP contribution in [-0.2, 0) is 20.9 Å². The van der Waals surface area contributed by atoms with Crippen LogP contribution in [0, 0.1) is 5.92 Å². The van der Waals surface area contributed by atoms with Gasteiger partial charge in [0.2, 0.25) is 5.91 Å². The van der Waals surface area contributed by atoms with Crippen LogP contribution in [0.1, 0.15) is 30.4 Å². The van der Waals surface area contributed by atoms with E-state index in [9.17, 15) is 14.4 Å². The van der Waals surface area contributed by atoms with Gasteiger partial charge in [-0.1, -0.05) is 66.7 Å². The van der Waals surface area contributed by atoms with Crippen molar-refractivity contribution in [2.24, 2.45) is 5.92 Å². The second-order valence-corrected chi connectivity index (χ2v) is 9.94. The van der Waals surface area contributed by atoms with E-state index in [0.717, 1.165) is 35.7 Å². The van der Waals surface area contributed by atoms with E-state index in [0.29, 0.717) is 23.6 Å². The van der Waals surface area contributed by atoms with E-state index in [1.165, 1.54) is 11.1 Å². The highest BCUT2D eigenvalue weighted by Gasteiger charge is 2.31. The first-order chi connectivity index (χ1) is 17.5. The third-order valence-electron chi connectivity index (χ3n) is 6.45. The molecule has 0 spiro atoms. The normalized spacial score (nSPS) is 20.5. The van der Waals surface area contributed by atoms with Crippen LogP contribution in [-0.4, -0.2) is 23.2 Å². The smallest absolute Gasteiger partial charge is 0.290 e.